The van der Waals surface area contributed by atoms with E-state index in [0.717, 1.165) is 25.4 Å². The molecule has 0 aromatic rings. The van der Waals surface area contributed by atoms with Crippen molar-refractivity contribution in [1.82, 2.24) is 4.90 Å². The molecule has 0 spiro atoms. The number of hydrogen-bond donors (Lipinski definition) is 0. The summed E-state index contributed by atoms with van der Waals surface area (Å²) in [6.07, 6.45) is 9.09. The number of likely N-dealkylation sites (tertiary alicyclic amines) is 1. The molecule has 0 bridgehead atoms. The molecule has 2 aliphatic rings. The van der Waals surface area contributed by atoms with Gasteiger partial charge < -0.3 is 0 Å². The van der Waals surface area contributed by atoms with Crippen molar-refractivity contribution in [3.05, 3.63) is 0 Å². The Morgan fingerprint density at radius 1 is 1.20 bits per heavy atom. The highest BCUT2D eigenvalue weighted by molar-refractivity contribution is 5.07. The van der Waals surface area contributed by atoms with Crippen LogP contribution in [0, 0.1) is 17.2 Å². The maximum atomic E-state index is 9.41. The van der Waals surface area contributed by atoms with E-state index in [4.69, 9.17) is 0 Å². The highest BCUT2D eigenvalue weighted by Crippen LogP contribution is 2.36. The molecule has 1 aliphatic heterocycles. The second-order valence-corrected chi connectivity index (χ2v) is 5.43. The van der Waals surface area contributed by atoms with E-state index in [2.05, 4.69) is 17.9 Å². The first kappa shape index (κ1) is 11.0. The summed E-state index contributed by atoms with van der Waals surface area (Å²) in [5.41, 5.74) is -0.175. The third-order valence-electron chi connectivity index (χ3n) is 4.21. The molecule has 1 atom stereocenters. The van der Waals surface area contributed by atoms with Crippen LogP contribution in [0.15, 0.2) is 0 Å². The molecule has 2 heteroatoms. The summed E-state index contributed by atoms with van der Waals surface area (Å²) in [5, 5.41) is 9.41. The van der Waals surface area contributed by atoms with Gasteiger partial charge in [0.25, 0.3) is 0 Å². The van der Waals surface area contributed by atoms with Gasteiger partial charge >= 0.3 is 0 Å². The van der Waals surface area contributed by atoms with Crippen LogP contribution in [0.25, 0.3) is 0 Å². The third-order valence-corrected chi connectivity index (χ3v) is 4.21. The van der Waals surface area contributed by atoms with E-state index in [1.54, 1.807) is 0 Å². The summed E-state index contributed by atoms with van der Waals surface area (Å²) in [4.78, 5) is 2.43. The van der Waals surface area contributed by atoms with Crippen molar-refractivity contribution in [1.29, 1.82) is 5.26 Å². The molecule has 0 N–H and O–H groups in total. The average molecular weight is 206 g/mol. The molecular formula is C13H22N2. The van der Waals surface area contributed by atoms with Crippen molar-refractivity contribution in [2.45, 2.75) is 57.4 Å². The molecule has 1 saturated heterocycles. The number of hydrogen-bond acceptors (Lipinski definition) is 2. The number of rotatable bonds is 3. The zero-order valence-electron chi connectivity index (χ0n) is 9.84. The molecule has 2 nitrogen and oxygen atoms in total. The maximum absolute atomic E-state index is 9.41. The first-order chi connectivity index (χ1) is 7.24. The number of nitrogens with zero attached hydrogens (tertiary/aromatic N) is 2. The van der Waals surface area contributed by atoms with Gasteiger partial charge in [0.1, 0.15) is 5.54 Å². The van der Waals surface area contributed by atoms with E-state index >= 15 is 0 Å². The van der Waals surface area contributed by atoms with Gasteiger partial charge in [-0.3, -0.25) is 4.90 Å². The van der Waals surface area contributed by atoms with Crippen LogP contribution in [0.3, 0.4) is 0 Å². The molecule has 0 aromatic heterocycles. The van der Waals surface area contributed by atoms with Gasteiger partial charge in [-0.05, 0) is 45.2 Å². The lowest BCUT2D eigenvalue weighted by Gasteiger charge is -2.42. The fraction of sp³-hybridized carbons (Fsp3) is 0.923. The van der Waals surface area contributed by atoms with Gasteiger partial charge in [0.15, 0.2) is 0 Å². The van der Waals surface area contributed by atoms with Crippen LogP contribution in [0.5, 0.6) is 0 Å². The minimum atomic E-state index is -0.175. The normalized spacial score (nSPS) is 27.7. The van der Waals surface area contributed by atoms with E-state index in [0.29, 0.717) is 0 Å². The Hall–Kier alpha value is -0.550. The Morgan fingerprint density at radius 3 is 2.33 bits per heavy atom. The fourth-order valence-corrected chi connectivity index (χ4v) is 2.89. The van der Waals surface area contributed by atoms with Crippen LogP contribution >= 0.6 is 0 Å². The quantitative estimate of drug-likeness (QED) is 0.710. The van der Waals surface area contributed by atoms with Gasteiger partial charge in [0, 0.05) is 0 Å². The van der Waals surface area contributed by atoms with Crippen LogP contribution in [0.1, 0.15) is 51.9 Å². The van der Waals surface area contributed by atoms with Crippen LogP contribution in [-0.4, -0.2) is 23.5 Å². The third kappa shape index (κ3) is 2.34. The van der Waals surface area contributed by atoms with Crippen LogP contribution in [0.4, 0.5) is 0 Å². The lowest BCUT2D eigenvalue weighted by molar-refractivity contribution is 0.0855. The molecule has 0 aromatic carbocycles. The van der Waals surface area contributed by atoms with Crippen molar-refractivity contribution in [2.24, 2.45) is 5.92 Å². The van der Waals surface area contributed by atoms with Crippen molar-refractivity contribution in [3.63, 3.8) is 0 Å². The largest absolute Gasteiger partial charge is 0.286 e. The summed E-state index contributed by atoms with van der Waals surface area (Å²) in [6, 6.07) is 2.57. The van der Waals surface area contributed by atoms with Gasteiger partial charge in [-0.2, -0.15) is 5.26 Å². The fourth-order valence-electron chi connectivity index (χ4n) is 2.89. The maximum Gasteiger partial charge on any atom is 0.106 e. The molecule has 1 aliphatic carbocycles. The van der Waals surface area contributed by atoms with Crippen LogP contribution in [-0.2, 0) is 0 Å². The van der Waals surface area contributed by atoms with Gasteiger partial charge in [-0.15, -0.1) is 0 Å². The highest BCUT2D eigenvalue weighted by atomic mass is 15.2. The highest BCUT2D eigenvalue weighted by Gasteiger charge is 2.36. The summed E-state index contributed by atoms with van der Waals surface area (Å²) < 4.78 is 0. The van der Waals surface area contributed by atoms with Crippen molar-refractivity contribution < 1.29 is 0 Å². The predicted molar refractivity (Wildman–Crippen MR) is 61.4 cm³/mol. The molecule has 0 radical (unpaired) electrons. The molecular weight excluding hydrogens is 184 g/mol. The SMILES string of the molecule is CC(C#N)(CC1CCC1)N1CCCCC1. The Bertz CT molecular complexity index is 246. The molecule has 15 heavy (non-hydrogen) atoms. The number of piperidine rings is 1. The molecule has 2 rings (SSSR count). The van der Waals surface area contributed by atoms with Crippen LogP contribution < -0.4 is 0 Å². The average Bonchev–Trinajstić information content (AvgIpc) is 2.24. The summed E-state index contributed by atoms with van der Waals surface area (Å²) in [6.45, 7) is 4.42. The Kier molecular flexibility index (Phi) is 3.31. The van der Waals surface area contributed by atoms with E-state index in [9.17, 15) is 5.26 Å². The molecule has 1 heterocycles. The van der Waals surface area contributed by atoms with Gasteiger partial charge in [0.05, 0.1) is 6.07 Å². The minimum absolute atomic E-state index is 0.175. The molecule has 0 amide bonds. The zero-order chi connectivity index (χ0) is 10.7. The van der Waals surface area contributed by atoms with E-state index < -0.39 is 0 Å². The van der Waals surface area contributed by atoms with Gasteiger partial charge in [0.2, 0.25) is 0 Å². The Balaban J connectivity index is 1.95. The second-order valence-electron chi connectivity index (χ2n) is 5.43. The summed E-state index contributed by atoms with van der Waals surface area (Å²) >= 11 is 0. The molecule has 84 valence electrons. The minimum Gasteiger partial charge on any atom is -0.286 e. The molecule has 1 saturated carbocycles. The summed E-state index contributed by atoms with van der Waals surface area (Å²) in [5.74, 6) is 0.830. The second kappa shape index (κ2) is 4.53. The summed E-state index contributed by atoms with van der Waals surface area (Å²) in [7, 11) is 0. The molecule has 1 unspecified atom stereocenters. The van der Waals surface area contributed by atoms with Gasteiger partial charge in [-0.1, -0.05) is 25.7 Å². The zero-order valence-corrected chi connectivity index (χ0v) is 9.84. The standard InChI is InChI=1S/C13H22N2/c1-13(11-14,10-12-6-5-7-12)15-8-3-2-4-9-15/h12H,2-10H2,1H3. The molecule has 2 fully saturated rings. The first-order valence-electron chi connectivity index (χ1n) is 6.41. The topological polar surface area (TPSA) is 27.0 Å². The Labute approximate surface area is 93.3 Å². The van der Waals surface area contributed by atoms with Crippen molar-refractivity contribution >= 4 is 0 Å². The smallest absolute Gasteiger partial charge is 0.106 e. The van der Waals surface area contributed by atoms with E-state index in [1.807, 2.05) is 0 Å². The lowest BCUT2D eigenvalue weighted by atomic mass is 9.76. The van der Waals surface area contributed by atoms with E-state index in [1.165, 1.54) is 38.5 Å². The lowest BCUT2D eigenvalue weighted by Crippen LogP contribution is -2.49. The van der Waals surface area contributed by atoms with E-state index in [-0.39, 0.29) is 5.54 Å². The Morgan fingerprint density at radius 2 is 1.87 bits per heavy atom. The van der Waals surface area contributed by atoms with Crippen molar-refractivity contribution in [3.8, 4) is 6.07 Å². The van der Waals surface area contributed by atoms with Crippen molar-refractivity contribution in [2.75, 3.05) is 13.1 Å². The van der Waals surface area contributed by atoms with Gasteiger partial charge in [-0.25, -0.2) is 0 Å². The first-order valence-corrected chi connectivity index (χ1v) is 6.41. The monoisotopic (exact) mass is 206 g/mol. The number of nitriles is 1. The van der Waals surface area contributed by atoms with Crippen LogP contribution in [0.2, 0.25) is 0 Å². The predicted octanol–water partition coefficient (Wildman–Crippen LogP) is 2.94.